The molecule has 0 atom stereocenters. The van der Waals surface area contributed by atoms with E-state index in [4.69, 9.17) is 4.74 Å². The van der Waals surface area contributed by atoms with Crippen LogP contribution in [-0.4, -0.2) is 35.6 Å². The Kier molecular flexibility index (Phi) is 21.2. The lowest BCUT2D eigenvalue weighted by molar-refractivity contribution is 0.309. The maximum atomic E-state index is 9.75. The lowest BCUT2D eigenvalue weighted by Gasteiger charge is -2.09. The molecule has 0 aliphatic rings. The minimum absolute atomic E-state index is 0.0436. The van der Waals surface area contributed by atoms with Gasteiger partial charge in [0.2, 0.25) is 0 Å². The van der Waals surface area contributed by atoms with Crippen molar-refractivity contribution in [1.29, 1.82) is 0 Å². The summed E-state index contributed by atoms with van der Waals surface area (Å²) in [5, 5.41) is 0. The molecule has 256 valence electrons. The van der Waals surface area contributed by atoms with Gasteiger partial charge in [-0.1, -0.05) is 61.9 Å². The fourth-order valence-corrected chi connectivity index (χ4v) is 4.76. The fraction of sp³-hybridized carbons (Fsp3) is 0.217. The fourth-order valence-electron chi connectivity index (χ4n) is 2.66. The van der Waals surface area contributed by atoms with Crippen LogP contribution in [0.25, 0.3) is 0 Å². The van der Waals surface area contributed by atoms with E-state index in [0.29, 0.717) is 0 Å². The smallest absolute Gasteiger partial charge is 0.494 e. The zero-order chi connectivity index (χ0) is 35.3. The highest BCUT2D eigenvalue weighted by atomic mass is 32.2. The maximum absolute atomic E-state index is 9.75. The molecule has 0 aliphatic heterocycles. The Labute approximate surface area is 252 Å². The molecule has 3 aromatic carbocycles. The van der Waals surface area contributed by atoms with E-state index in [1.165, 1.54) is 15.4 Å². The summed E-state index contributed by atoms with van der Waals surface area (Å²) in [5.41, 5.74) is 1.35. The molecule has 0 aliphatic carbocycles. The predicted octanol–water partition coefficient (Wildman–Crippen LogP) is 11.3. The highest BCUT2D eigenvalue weighted by Crippen LogP contribution is 2.27. The molecule has 0 saturated carbocycles. The molecule has 3 rings (SSSR count). The lowest BCUT2D eigenvalue weighted by atomic mass is 10.2. The average Bonchev–Trinajstić information content (AvgIpc) is 2.85. The van der Waals surface area contributed by atoms with E-state index in [9.17, 15) is 69.1 Å². The molecule has 0 radical (unpaired) electrons. The maximum Gasteiger partial charge on any atom is 0.673 e. The number of benzene rings is 3. The van der Waals surface area contributed by atoms with Crippen LogP contribution in [0.15, 0.2) is 94.7 Å². The third kappa shape index (κ3) is 38.9. The standard InChI is InChI=1S/C23H25OS.4BF4/c1-2-3-18-24-21-16-14-20(15-17-21)19-25(22-10-6-4-7-11-22)23-12-8-5-9-13-23;4*2-1(3,4)5/h4-17H,2-3,18-19H2,1H3;;;;/q+1;4*-1. The van der Waals surface area contributed by atoms with Gasteiger partial charge in [0.05, 0.1) is 17.5 Å². The van der Waals surface area contributed by atoms with Crippen LogP contribution in [-0.2, 0) is 16.6 Å². The van der Waals surface area contributed by atoms with Crippen LogP contribution in [0.4, 0.5) is 69.1 Å². The SMILES string of the molecule is CCCCOc1ccc(C[S+](c2ccccc2)c2ccccc2)cc1.F[B-](F)(F)F.F[B-](F)(F)F.F[B-](F)(F)F.F[B-](F)(F)F. The van der Waals surface area contributed by atoms with Crippen molar-refractivity contribution in [3.8, 4) is 5.75 Å². The Hall–Kier alpha value is -3.05. The van der Waals surface area contributed by atoms with Crippen LogP contribution >= 0.6 is 0 Å². The zero-order valence-corrected chi connectivity index (χ0v) is 23.9. The molecule has 0 amide bonds. The molecule has 0 aromatic heterocycles. The van der Waals surface area contributed by atoms with Gasteiger partial charge >= 0.3 is 29.0 Å². The number of ether oxygens (including phenoxy) is 1. The molecule has 45 heavy (non-hydrogen) atoms. The Bertz CT molecular complexity index is 1020. The van der Waals surface area contributed by atoms with E-state index in [0.717, 1.165) is 31.0 Å². The predicted molar refractivity (Wildman–Crippen MR) is 148 cm³/mol. The van der Waals surface area contributed by atoms with Gasteiger partial charge in [0, 0.05) is 5.56 Å². The van der Waals surface area contributed by atoms with Crippen LogP contribution in [0.2, 0.25) is 0 Å². The van der Waals surface area contributed by atoms with E-state index >= 15 is 0 Å². The van der Waals surface area contributed by atoms with E-state index in [1.54, 1.807) is 0 Å². The highest BCUT2D eigenvalue weighted by Gasteiger charge is 2.25. The zero-order valence-electron chi connectivity index (χ0n) is 23.1. The van der Waals surface area contributed by atoms with Gasteiger partial charge in [-0.3, -0.25) is 0 Å². The summed E-state index contributed by atoms with van der Waals surface area (Å²) in [4.78, 5) is 2.77. The van der Waals surface area contributed by atoms with Gasteiger partial charge in [-0.25, -0.2) is 0 Å². The molecular weight excluding hydrogens is 672 g/mol. The summed E-state index contributed by atoms with van der Waals surface area (Å²) < 4.78 is 162. The van der Waals surface area contributed by atoms with Crippen molar-refractivity contribution in [2.75, 3.05) is 6.61 Å². The second kappa shape index (κ2) is 21.6. The molecule has 0 spiro atoms. The van der Waals surface area contributed by atoms with E-state index in [2.05, 4.69) is 91.9 Å². The summed E-state index contributed by atoms with van der Waals surface area (Å²) in [6, 6.07) is 30.2. The molecule has 3 aromatic rings. The van der Waals surface area contributed by atoms with Crippen molar-refractivity contribution in [3.05, 3.63) is 90.5 Å². The van der Waals surface area contributed by atoms with Crippen LogP contribution < -0.4 is 4.74 Å². The van der Waals surface area contributed by atoms with Crippen molar-refractivity contribution in [2.24, 2.45) is 0 Å². The summed E-state index contributed by atoms with van der Waals surface area (Å²) in [7, 11) is -24.0. The van der Waals surface area contributed by atoms with Gasteiger partial charge in [-0.2, -0.15) is 0 Å². The number of rotatable bonds is 8. The summed E-state index contributed by atoms with van der Waals surface area (Å²) >= 11 is 0. The van der Waals surface area contributed by atoms with E-state index in [-0.39, 0.29) is 10.9 Å². The molecule has 0 heterocycles. The van der Waals surface area contributed by atoms with E-state index in [1.807, 2.05) is 0 Å². The molecule has 0 N–H and O–H groups in total. The van der Waals surface area contributed by atoms with Gasteiger partial charge in [0.25, 0.3) is 0 Å². The van der Waals surface area contributed by atoms with Gasteiger partial charge in [-0.05, 0) is 42.8 Å². The molecule has 22 heteroatoms. The van der Waals surface area contributed by atoms with Crippen molar-refractivity contribution in [3.63, 3.8) is 0 Å². The van der Waals surface area contributed by atoms with Crippen molar-refractivity contribution < 1.29 is 73.8 Å². The highest BCUT2D eigenvalue weighted by molar-refractivity contribution is 7.96. The first-order valence-electron chi connectivity index (χ1n) is 12.4. The quantitative estimate of drug-likeness (QED) is 0.0986. The first-order valence-corrected chi connectivity index (χ1v) is 13.8. The Morgan fingerprint density at radius 1 is 0.489 bits per heavy atom. The average molecular weight is 697 g/mol. The Morgan fingerprint density at radius 2 is 0.800 bits per heavy atom. The molecule has 0 fully saturated rings. The second-order valence-corrected chi connectivity index (χ2v) is 10.00. The molecular formula is C23H25B4F16OS-3. The second-order valence-electron chi connectivity index (χ2n) is 7.99. The lowest BCUT2D eigenvalue weighted by Crippen LogP contribution is -2.07. The first kappa shape index (κ1) is 44.1. The molecule has 1 nitrogen and oxygen atoms in total. The third-order valence-electron chi connectivity index (χ3n) is 4.06. The normalized spacial score (nSPS) is 11.3. The Balaban J connectivity index is 0. The van der Waals surface area contributed by atoms with Gasteiger partial charge < -0.3 is 73.8 Å². The summed E-state index contributed by atoms with van der Waals surface area (Å²) in [6.45, 7) is 2.98. The van der Waals surface area contributed by atoms with Gasteiger partial charge in [-0.15, -0.1) is 0 Å². The van der Waals surface area contributed by atoms with Crippen molar-refractivity contribution in [1.82, 2.24) is 0 Å². The van der Waals surface area contributed by atoms with Gasteiger partial charge in [0.15, 0.2) is 9.79 Å². The topological polar surface area (TPSA) is 9.23 Å². The summed E-state index contributed by atoms with van der Waals surface area (Å²) in [6.07, 6.45) is 2.27. The van der Waals surface area contributed by atoms with Crippen LogP contribution in [0.1, 0.15) is 25.3 Å². The number of hydrogen-bond acceptors (Lipinski definition) is 1. The largest absolute Gasteiger partial charge is 0.673 e. The Morgan fingerprint density at radius 3 is 1.09 bits per heavy atom. The van der Waals surface area contributed by atoms with Crippen molar-refractivity contribution >= 4 is 39.9 Å². The molecule has 0 bridgehead atoms. The number of unbranched alkanes of at least 4 members (excludes halogenated alkanes) is 1. The van der Waals surface area contributed by atoms with Crippen LogP contribution in [0, 0.1) is 0 Å². The first-order chi connectivity index (χ1) is 20.4. The summed E-state index contributed by atoms with van der Waals surface area (Å²) in [5.74, 6) is 1.99. The van der Waals surface area contributed by atoms with Crippen LogP contribution in [0.3, 0.4) is 0 Å². The monoisotopic (exact) mass is 697 g/mol. The number of hydrogen-bond donors (Lipinski definition) is 0. The van der Waals surface area contributed by atoms with Crippen LogP contribution in [0.5, 0.6) is 5.75 Å². The minimum atomic E-state index is -6.00. The van der Waals surface area contributed by atoms with Gasteiger partial charge in [0.1, 0.15) is 11.5 Å². The number of halogens is 16. The minimum Gasteiger partial charge on any atom is -0.494 e. The van der Waals surface area contributed by atoms with E-state index < -0.39 is 29.0 Å². The third-order valence-corrected chi connectivity index (χ3v) is 6.36. The van der Waals surface area contributed by atoms with Crippen molar-refractivity contribution in [2.45, 2.75) is 35.3 Å². The molecule has 0 saturated heterocycles. The molecule has 0 unspecified atom stereocenters.